The molecule has 0 saturated carbocycles. The zero-order valence-electron chi connectivity index (χ0n) is 34.2. The predicted molar refractivity (Wildman–Crippen MR) is 254 cm³/mol. The van der Waals surface area contributed by atoms with Crippen LogP contribution in [0, 0.1) is 0 Å². The van der Waals surface area contributed by atoms with Crippen LogP contribution < -0.4 is 14.7 Å². The largest absolute Gasteiger partial charge is 0.384 e. The van der Waals surface area contributed by atoms with Crippen molar-refractivity contribution < 1.29 is 14.7 Å². The number of hydrogen-bond donors (Lipinski definition) is 1. The summed E-state index contributed by atoms with van der Waals surface area (Å²) in [5.74, 6) is -0.0721. The van der Waals surface area contributed by atoms with E-state index in [2.05, 4.69) is 99.6 Å². The Hall–Kier alpha value is -8.32. The zero-order valence-corrected chi connectivity index (χ0v) is 34.2. The standard InChI is InChI=1S/C57H41N3O3/c61-55(40-13-4-1-5-14-40)43-25-31-46(32-26-43)58-49-19-10-21-51(37-49)59(47-33-27-44(28-34-47)56(62)41-15-6-2-7-16-41)53-23-12-24-54(39-53)60(52-22-11-20-50(58)38-52)48-35-29-45(30-36-48)57(63)42-17-8-3-9-18-42/h1-39,55,61H. The van der Waals surface area contributed by atoms with Crippen molar-refractivity contribution in [3.8, 4) is 0 Å². The molecule has 0 spiro atoms. The lowest BCUT2D eigenvalue weighted by atomic mass is 10.0. The maximum atomic E-state index is 13.5. The van der Waals surface area contributed by atoms with E-state index in [1.54, 1.807) is 0 Å². The minimum Gasteiger partial charge on any atom is -0.384 e. The number of rotatable bonds is 9. The van der Waals surface area contributed by atoms with E-state index in [-0.39, 0.29) is 11.6 Å². The number of ketones is 2. The van der Waals surface area contributed by atoms with E-state index in [0.717, 1.165) is 62.3 Å². The Morgan fingerprint density at radius 3 is 0.889 bits per heavy atom. The van der Waals surface area contributed by atoms with Crippen molar-refractivity contribution in [3.05, 3.63) is 270 Å². The molecular formula is C57H41N3O3. The molecule has 1 unspecified atom stereocenters. The van der Waals surface area contributed by atoms with Gasteiger partial charge in [-0.05, 0) is 126 Å². The number of aliphatic hydroxyl groups is 1. The molecular weight excluding hydrogens is 775 g/mol. The van der Waals surface area contributed by atoms with Crippen molar-refractivity contribution in [2.75, 3.05) is 14.7 Å². The molecule has 6 heteroatoms. The highest BCUT2D eigenvalue weighted by molar-refractivity contribution is 6.10. The third-order valence-corrected chi connectivity index (χ3v) is 11.5. The first-order valence-corrected chi connectivity index (χ1v) is 20.9. The smallest absolute Gasteiger partial charge is 0.193 e. The Morgan fingerprint density at radius 2 is 0.556 bits per heavy atom. The van der Waals surface area contributed by atoms with E-state index in [4.69, 9.17) is 0 Å². The van der Waals surface area contributed by atoms with E-state index >= 15 is 0 Å². The number of carbonyl (C=O) groups is 2. The zero-order chi connectivity index (χ0) is 42.7. The molecule has 0 radical (unpaired) electrons. The van der Waals surface area contributed by atoms with Gasteiger partial charge in [-0.1, -0.05) is 121 Å². The SMILES string of the molecule is O=C(c1ccccc1)c1ccc(N2c3cccc(c3)N(c3ccc(C(=O)c4ccccc4)cc3)c3cccc(c3)N(c3ccc(C(O)c4ccccc4)cc3)c3cccc2c3)cc1. The molecule has 1 aliphatic rings. The van der Waals surface area contributed by atoms with Crippen LogP contribution in [0.4, 0.5) is 51.2 Å². The molecule has 6 nitrogen and oxygen atoms in total. The summed E-state index contributed by atoms with van der Waals surface area (Å²) in [7, 11) is 0. The third-order valence-electron chi connectivity index (χ3n) is 11.5. The summed E-state index contributed by atoms with van der Waals surface area (Å²) in [6.45, 7) is 0. The average Bonchev–Trinajstić information content (AvgIpc) is 3.35. The molecule has 6 bridgehead atoms. The summed E-state index contributed by atoms with van der Waals surface area (Å²) in [4.78, 5) is 33.6. The maximum absolute atomic E-state index is 13.5. The van der Waals surface area contributed by atoms with Gasteiger partial charge in [0, 0.05) is 73.4 Å². The van der Waals surface area contributed by atoms with E-state index in [9.17, 15) is 14.7 Å². The molecule has 63 heavy (non-hydrogen) atoms. The topological polar surface area (TPSA) is 64.1 Å². The van der Waals surface area contributed by atoms with Crippen molar-refractivity contribution in [2.45, 2.75) is 6.10 Å². The molecule has 1 aliphatic heterocycles. The monoisotopic (exact) mass is 815 g/mol. The van der Waals surface area contributed by atoms with E-state index in [1.165, 1.54) is 0 Å². The van der Waals surface area contributed by atoms with Gasteiger partial charge in [0.25, 0.3) is 0 Å². The molecule has 1 atom stereocenters. The molecule has 0 amide bonds. The van der Waals surface area contributed by atoms with Crippen LogP contribution in [0.25, 0.3) is 0 Å². The number of aliphatic hydroxyl groups excluding tert-OH is 1. The van der Waals surface area contributed by atoms with Crippen LogP contribution in [-0.4, -0.2) is 16.7 Å². The van der Waals surface area contributed by atoms with Crippen LogP contribution in [0.2, 0.25) is 0 Å². The molecule has 0 fully saturated rings. The van der Waals surface area contributed by atoms with Crippen molar-refractivity contribution in [1.82, 2.24) is 0 Å². The Kier molecular flexibility index (Phi) is 10.5. The summed E-state index contributed by atoms with van der Waals surface area (Å²) in [5.41, 5.74) is 12.3. The minimum absolute atomic E-state index is 0.0361. The van der Waals surface area contributed by atoms with Gasteiger partial charge in [-0.2, -0.15) is 0 Å². The summed E-state index contributed by atoms with van der Waals surface area (Å²) in [6.07, 6.45) is -0.766. The van der Waals surface area contributed by atoms with Gasteiger partial charge in [-0.15, -0.1) is 0 Å². The normalized spacial score (nSPS) is 12.5. The number of benzene rings is 9. The van der Waals surface area contributed by atoms with Gasteiger partial charge >= 0.3 is 0 Å². The van der Waals surface area contributed by atoms with Gasteiger partial charge in [0.2, 0.25) is 0 Å². The van der Waals surface area contributed by atoms with Gasteiger partial charge in [-0.3, -0.25) is 9.59 Å². The molecule has 0 aliphatic carbocycles. The lowest BCUT2D eigenvalue weighted by Crippen LogP contribution is -2.17. The summed E-state index contributed by atoms with van der Waals surface area (Å²) < 4.78 is 0. The fourth-order valence-corrected chi connectivity index (χ4v) is 8.32. The van der Waals surface area contributed by atoms with Crippen LogP contribution in [0.1, 0.15) is 49.1 Å². The van der Waals surface area contributed by atoms with Gasteiger partial charge in [0.1, 0.15) is 6.10 Å². The van der Waals surface area contributed by atoms with Crippen molar-refractivity contribution in [1.29, 1.82) is 0 Å². The van der Waals surface area contributed by atoms with Crippen LogP contribution in [-0.2, 0) is 0 Å². The van der Waals surface area contributed by atoms with E-state index in [0.29, 0.717) is 22.3 Å². The van der Waals surface area contributed by atoms with E-state index in [1.807, 2.05) is 152 Å². The molecule has 1 heterocycles. The van der Waals surface area contributed by atoms with Gasteiger partial charge in [0.15, 0.2) is 11.6 Å². The number of anilines is 9. The highest BCUT2D eigenvalue weighted by Gasteiger charge is 2.23. The van der Waals surface area contributed by atoms with Crippen LogP contribution in [0.3, 0.4) is 0 Å². The number of nitrogens with zero attached hydrogens (tertiary/aromatic N) is 3. The lowest BCUT2D eigenvalue weighted by molar-refractivity contribution is 0.103. The molecule has 9 aromatic rings. The maximum Gasteiger partial charge on any atom is 0.193 e. The van der Waals surface area contributed by atoms with Crippen LogP contribution >= 0.6 is 0 Å². The van der Waals surface area contributed by atoms with Crippen LogP contribution in [0.15, 0.2) is 237 Å². The second kappa shape index (κ2) is 17.0. The Balaban J connectivity index is 1.12. The van der Waals surface area contributed by atoms with Crippen molar-refractivity contribution in [3.63, 3.8) is 0 Å². The average molecular weight is 816 g/mol. The summed E-state index contributed by atoms with van der Waals surface area (Å²) >= 11 is 0. The Bertz CT molecular complexity index is 2880. The van der Waals surface area contributed by atoms with E-state index < -0.39 is 6.10 Å². The van der Waals surface area contributed by atoms with Crippen LogP contribution in [0.5, 0.6) is 0 Å². The fraction of sp³-hybridized carbons (Fsp3) is 0.0175. The molecule has 1 N–H and O–H groups in total. The van der Waals surface area contributed by atoms with Crippen molar-refractivity contribution >= 4 is 62.8 Å². The van der Waals surface area contributed by atoms with Crippen molar-refractivity contribution in [2.24, 2.45) is 0 Å². The second-order valence-corrected chi connectivity index (χ2v) is 15.5. The van der Waals surface area contributed by atoms with Gasteiger partial charge < -0.3 is 19.8 Å². The Labute approximate surface area is 366 Å². The third kappa shape index (κ3) is 7.79. The number of hydrogen-bond acceptors (Lipinski definition) is 6. The first kappa shape index (κ1) is 38.9. The molecule has 0 saturated heterocycles. The number of carbonyl (C=O) groups excluding carboxylic acids is 2. The summed E-state index contributed by atoms with van der Waals surface area (Å²) in [6, 6.07) is 77.3. The number of fused-ring (bicyclic) bond motifs is 6. The molecule has 302 valence electrons. The Morgan fingerprint density at radius 1 is 0.286 bits per heavy atom. The van der Waals surface area contributed by atoms with Gasteiger partial charge in [0.05, 0.1) is 0 Å². The lowest BCUT2D eigenvalue weighted by Gasteiger charge is -2.33. The first-order valence-electron chi connectivity index (χ1n) is 20.9. The first-order chi connectivity index (χ1) is 31.0. The fourth-order valence-electron chi connectivity index (χ4n) is 8.32. The highest BCUT2D eigenvalue weighted by Crippen LogP contribution is 2.45. The summed E-state index contributed by atoms with van der Waals surface area (Å²) in [5, 5.41) is 11.3. The predicted octanol–water partition coefficient (Wildman–Crippen LogP) is 14.0. The second-order valence-electron chi connectivity index (χ2n) is 15.5. The minimum atomic E-state index is -0.766. The highest BCUT2D eigenvalue weighted by atomic mass is 16.3. The van der Waals surface area contributed by atoms with Gasteiger partial charge in [-0.25, -0.2) is 0 Å². The molecule has 9 aromatic carbocycles. The molecule has 0 aromatic heterocycles. The molecule has 10 rings (SSSR count). The quantitative estimate of drug-likeness (QED) is 0.146.